The predicted molar refractivity (Wildman–Crippen MR) is 80.7 cm³/mol. The Hall–Kier alpha value is -2.75. The summed E-state index contributed by atoms with van der Waals surface area (Å²) in [4.78, 5) is 34.3. The molecule has 2 rings (SSSR count). The van der Waals surface area contributed by atoms with Gasteiger partial charge in [0.1, 0.15) is 6.54 Å². The number of rotatable bonds is 7. The van der Waals surface area contributed by atoms with E-state index >= 15 is 0 Å². The van der Waals surface area contributed by atoms with Crippen molar-refractivity contribution in [1.82, 2.24) is 15.1 Å². The largest absolute Gasteiger partial charge is 0.469 e. The molecule has 0 aliphatic heterocycles. The van der Waals surface area contributed by atoms with E-state index in [9.17, 15) is 19.7 Å². The van der Waals surface area contributed by atoms with Crippen molar-refractivity contribution in [3.8, 4) is 0 Å². The number of aromatic nitrogens is 2. The fraction of sp³-hybridized carbons (Fsp3) is 0.308. The molecule has 122 valence electrons. The summed E-state index contributed by atoms with van der Waals surface area (Å²) in [5, 5.41) is 18.8. The van der Waals surface area contributed by atoms with E-state index in [2.05, 4.69) is 15.2 Å². The van der Waals surface area contributed by atoms with Gasteiger partial charge in [0.25, 0.3) is 0 Å². The Morgan fingerprint density at radius 2 is 2.30 bits per heavy atom. The topological polar surface area (TPSA) is 116 Å². The molecule has 0 radical (unpaired) electrons. The van der Waals surface area contributed by atoms with Crippen LogP contribution in [0.3, 0.4) is 0 Å². The van der Waals surface area contributed by atoms with Gasteiger partial charge in [0.05, 0.1) is 36.9 Å². The molecule has 0 spiro atoms. The summed E-state index contributed by atoms with van der Waals surface area (Å²) in [7, 11) is 1.28. The molecule has 9 nitrogen and oxygen atoms in total. The van der Waals surface area contributed by atoms with Crippen LogP contribution in [0.1, 0.15) is 17.3 Å². The highest BCUT2D eigenvalue weighted by molar-refractivity contribution is 7.10. The second-order valence-electron chi connectivity index (χ2n) is 4.54. The first-order valence-corrected chi connectivity index (χ1v) is 7.45. The first kappa shape index (κ1) is 16.6. The molecule has 2 heterocycles. The quantitative estimate of drug-likeness (QED) is 0.462. The number of thiophene rings is 1. The van der Waals surface area contributed by atoms with Gasteiger partial charge in [-0.3, -0.25) is 9.59 Å². The number of carbonyl (C=O) groups excluding carboxylic acids is 2. The second kappa shape index (κ2) is 7.49. The number of nitrogens with one attached hydrogen (secondary N) is 1. The van der Waals surface area contributed by atoms with Crippen molar-refractivity contribution >= 4 is 29.0 Å². The van der Waals surface area contributed by atoms with Crippen molar-refractivity contribution in [3.63, 3.8) is 0 Å². The number of methoxy groups -OCH3 is 1. The number of carbonyl (C=O) groups is 2. The zero-order chi connectivity index (χ0) is 16.8. The highest BCUT2D eigenvalue weighted by atomic mass is 32.1. The van der Waals surface area contributed by atoms with Crippen LogP contribution in [0, 0.1) is 10.1 Å². The lowest BCUT2D eigenvalue weighted by atomic mass is 10.1. The van der Waals surface area contributed by atoms with Gasteiger partial charge in [-0.05, 0) is 16.4 Å². The van der Waals surface area contributed by atoms with Gasteiger partial charge >= 0.3 is 11.8 Å². The van der Waals surface area contributed by atoms with Crippen LogP contribution in [0.2, 0.25) is 0 Å². The number of amides is 1. The SMILES string of the molecule is COC(=O)CC(NC(=O)Cn1ccc([N+](=O)[O-])n1)c1cccs1. The molecule has 0 saturated carbocycles. The average molecular weight is 338 g/mol. The fourth-order valence-corrected chi connectivity index (χ4v) is 2.66. The van der Waals surface area contributed by atoms with E-state index in [-0.39, 0.29) is 18.8 Å². The Morgan fingerprint density at radius 1 is 1.52 bits per heavy atom. The lowest BCUT2D eigenvalue weighted by Crippen LogP contribution is -2.32. The molecule has 0 aliphatic rings. The molecule has 1 amide bonds. The minimum Gasteiger partial charge on any atom is -0.469 e. The number of ether oxygens (including phenoxy) is 1. The Labute approximate surface area is 135 Å². The molecular formula is C13H14N4O5S. The molecule has 1 atom stereocenters. The molecular weight excluding hydrogens is 324 g/mol. The highest BCUT2D eigenvalue weighted by Gasteiger charge is 2.21. The minimum absolute atomic E-state index is 0.00199. The van der Waals surface area contributed by atoms with E-state index in [0.717, 1.165) is 9.56 Å². The first-order valence-electron chi connectivity index (χ1n) is 6.57. The molecule has 0 fully saturated rings. The summed E-state index contributed by atoms with van der Waals surface area (Å²) in [5.41, 5.74) is 0. The van der Waals surface area contributed by atoms with Crippen LogP contribution in [-0.2, 0) is 20.9 Å². The summed E-state index contributed by atoms with van der Waals surface area (Å²) in [6.07, 6.45) is 1.35. The van der Waals surface area contributed by atoms with Crippen molar-refractivity contribution in [2.24, 2.45) is 0 Å². The number of hydrogen-bond acceptors (Lipinski definition) is 7. The molecule has 0 saturated heterocycles. The summed E-state index contributed by atoms with van der Waals surface area (Å²) in [5.74, 6) is -1.19. The highest BCUT2D eigenvalue weighted by Crippen LogP contribution is 2.22. The van der Waals surface area contributed by atoms with Gasteiger partial charge in [0, 0.05) is 4.88 Å². The molecule has 2 aromatic rings. The number of nitrogens with zero attached hydrogens (tertiary/aromatic N) is 3. The maximum atomic E-state index is 12.1. The van der Waals surface area contributed by atoms with Crippen LogP contribution >= 0.6 is 11.3 Å². The third kappa shape index (κ3) is 4.61. The van der Waals surface area contributed by atoms with Gasteiger partial charge in [-0.15, -0.1) is 11.3 Å². The van der Waals surface area contributed by atoms with E-state index < -0.39 is 22.8 Å². The standard InChI is InChI=1S/C13H14N4O5S/c1-22-13(19)7-9(10-3-2-6-23-10)14-12(18)8-16-5-4-11(15-16)17(20)21/h2-6,9H,7-8H2,1H3,(H,14,18). The van der Waals surface area contributed by atoms with Gasteiger partial charge in [0.2, 0.25) is 5.91 Å². The molecule has 23 heavy (non-hydrogen) atoms. The smallest absolute Gasteiger partial charge is 0.389 e. The van der Waals surface area contributed by atoms with Crippen molar-refractivity contribution in [2.45, 2.75) is 19.0 Å². The van der Waals surface area contributed by atoms with Gasteiger partial charge in [-0.25, -0.2) is 0 Å². The van der Waals surface area contributed by atoms with Crippen LogP contribution in [-0.4, -0.2) is 33.7 Å². The Bertz CT molecular complexity index is 697. The maximum absolute atomic E-state index is 12.1. The van der Waals surface area contributed by atoms with Crippen LogP contribution < -0.4 is 5.32 Å². The molecule has 2 aromatic heterocycles. The molecule has 1 N–H and O–H groups in total. The molecule has 0 bridgehead atoms. The van der Waals surface area contributed by atoms with Gasteiger partial charge in [-0.1, -0.05) is 6.07 Å². The molecule has 0 aliphatic carbocycles. The monoisotopic (exact) mass is 338 g/mol. The number of esters is 1. The van der Waals surface area contributed by atoms with E-state index in [1.165, 1.54) is 30.7 Å². The van der Waals surface area contributed by atoms with E-state index in [1.54, 1.807) is 6.07 Å². The van der Waals surface area contributed by atoms with Gasteiger partial charge in [0.15, 0.2) is 0 Å². The van der Waals surface area contributed by atoms with E-state index in [1.807, 2.05) is 11.4 Å². The minimum atomic E-state index is -0.639. The van der Waals surface area contributed by atoms with Crippen LogP contribution in [0.4, 0.5) is 5.82 Å². The van der Waals surface area contributed by atoms with E-state index in [4.69, 9.17) is 0 Å². The van der Waals surface area contributed by atoms with Crippen molar-refractivity contribution < 1.29 is 19.2 Å². The summed E-state index contributed by atoms with van der Waals surface area (Å²) in [6.45, 7) is -0.184. The predicted octanol–water partition coefficient (Wildman–Crippen LogP) is 1.27. The lowest BCUT2D eigenvalue weighted by molar-refractivity contribution is -0.389. The summed E-state index contributed by atoms with van der Waals surface area (Å²) < 4.78 is 5.79. The second-order valence-corrected chi connectivity index (χ2v) is 5.52. The van der Waals surface area contributed by atoms with Crippen LogP contribution in [0.25, 0.3) is 0 Å². The number of hydrogen-bond donors (Lipinski definition) is 1. The Balaban J connectivity index is 2.01. The average Bonchev–Trinajstić information content (AvgIpc) is 3.17. The van der Waals surface area contributed by atoms with Crippen LogP contribution in [0.5, 0.6) is 0 Å². The van der Waals surface area contributed by atoms with Gasteiger partial charge in [-0.2, -0.15) is 4.68 Å². The zero-order valence-corrected chi connectivity index (χ0v) is 13.0. The van der Waals surface area contributed by atoms with Crippen molar-refractivity contribution in [1.29, 1.82) is 0 Å². The number of nitro groups is 1. The maximum Gasteiger partial charge on any atom is 0.389 e. The van der Waals surface area contributed by atoms with E-state index in [0.29, 0.717) is 0 Å². The Kier molecular flexibility index (Phi) is 5.41. The summed E-state index contributed by atoms with van der Waals surface area (Å²) in [6, 6.07) is 4.31. The normalized spacial score (nSPS) is 11.7. The van der Waals surface area contributed by atoms with Gasteiger partial charge < -0.3 is 20.2 Å². The molecule has 0 aromatic carbocycles. The zero-order valence-electron chi connectivity index (χ0n) is 12.2. The van der Waals surface area contributed by atoms with Crippen molar-refractivity contribution in [2.75, 3.05) is 7.11 Å². The first-order chi connectivity index (χ1) is 11.0. The fourth-order valence-electron chi connectivity index (χ4n) is 1.89. The molecule has 1 unspecified atom stereocenters. The van der Waals surface area contributed by atoms with Crippen LogP contribution in [0.15, 0.2) is 29.8 Å². The third-order valence-electron chi connectivity index (χ3n) is 2.94. The molecule has 10 heteroatoms. The van der Waals surface area contributed by atoms with Crippen molar-refractivity contribution in [3.05, 3.63) is 44.8 Å². The lowest BCUT2D eigenvalue weighted by Gasteiger charge is -2.15. The summed E-state index contributed by atoms with van der Waals surface area (Å²) >= 11 is 1.41. The third-order valence-corrected chi connectivity index (χ3v) is 3.93. The Morgan fingerprint density at radius 3 is 2.87 bits per heavy atom.